The maximum absolute atomic E-state index is 13.1. The molecule has 1 amide bonds. The third kappa shape index (κ3) is 2.77. The molecule has 1 unspecified atom stereocenters. The summed E-state index contributed by atoms with van der Waals surface area (Å²) < 4.78 is 39.4. The number of alkyl halides is 3. The van der Waals surface area contributed by atoms with E-state index in [1.54, 1.807) is 11.0 Å². The minimum atomic E-state index is -4.41. The summed E-state index contributed by atoms with van der Waals surface area (Å²) in [6.45, 7) is 0.645. The highest BCUT2D eigenvalue weighted by Gasteiger charge is 2.40. The van der Waals surface area contributed by atoms with E-state index in [1.807, 2.05) is 0 Å². The number of amides is 1. The second-order valence-electron chi connectivity index (χ2n) is 5.71. The van der Waals surface area contributed by atoms with Crippen LogP contribution in [0.5, 0.6) is 0 Å². The van der Waals surface area contributed by atoms with Crippen molar-refractivity contribution >= 4 is 5.91 Å². The largest absolute Gasteiger partial charge is 0.416 e. The molecule has 3 rings (SSSR count). The second-order valence-corrected chi connectivity index (χ2v) is 5.71. The Hall–Kier alpha value is -1.56. The third-order valence-corrected chi connectivity index (χ3v) is 4.32. The van der Waals surface area contributed by atoms with E-state index in [1.165, 1.54) is 12.1 Å². The number of nitrogens with one attached hydrogen (secondary N) is 1. The van der Waals surface area contributed by atoms with E-state index in [2.05, 4.69) is 5.32 Å². The molecule has 2 aliphatic rings. The minimum absolute atomic E-state index is 0.101. The predicted octanol–water partition coefficient (Wildman–Crippen LogP) is 2.94. The molecule has 21 heavy (non-hydrogen) atoms. The van der Waals surface area contributed by atoms with Gasteiger partial charge in [0.15, 0.2) is 0 Å². The molecule has 1 heterocycles. The van der Waals surface area contributed by atoms with Gasteiger partial charge in [0.1, 0.15) is 6.17 Å². The van der Waals surface area contributed by atoms with Crippen molar-refractivity contribution in [1.29, 1.82) is 0 Å². The lowest BCUT2D eigenvalue weighted by atomic mass is 9.85. The zero-order valence-electron chi connectivity index (χ0n) is 11.5. The molecular weight excluding hydrogens is 281 g/mol. The Balaban J connectivity index is 1.89. The van der Waals surface area contributed by atoms with Gasteiger partial charge in [0.2, 0.25) is 5.91 Å². The topological polar surface area (TPSA) is 32.3 Å². The van der Waals surface area contributed by atoms with Gasteiger partial charge in [0.05, 0.1) is 12.1 Å². The summed E-state index contributed by atoms with van der Waals surface area (Å²) in [6, 6.07) is 5.48. The molecule has 0 bridgehead atoms. The van der Waals surface area contributed by atoms with Crippen LogP contribution in [0, 0.1) is 5.92 Å². The van der Waals surface area contributed by atoms with Crippen molar-refractivity contribution in [2.24, 2.45) is 5.92 Å². The number of hydrogen-bond donors (Lipinski definition) is 1. The van der Waals surface area contributed by atoms with E-state index in [9.17, 15) is 18.0 Å². The standard InChI is InChI=1S/C15H17F3N2O/c16-15(17,18)12-7-2-1-6-11(12)14-19-8-13(21)20(14)9-10-4-3-5-10/h1-2,6-7,10,14,19H,3-5,8-9H2. The number of benzene rings is 1. The fourth-order valence-electron chi connectivity index (χ4n) is 2.97. The number of hydrogen-bond acceptors (Lipinski definition) is 2. The normalized spacial score (nSPS) is 23.5. The summed E-state index contributed by atoms with van der Waals surface area (Å²) >= 11 is 0. The van der Waals surface area contributed by atoms with Gasteiger partial charge in [-0.2, -0.15) is 13.2 Å². The first-order chi connectivity index (χ1) is 9.97. The molecule has 0 aromatic heterocycles. The molecule has 6 heteroatoms. The molecular formula is C15H17F3N2O. The molecule has 2 fully saturated rings. The summed E-state index contributed by atoms with van der Waals surface area (Å²) in [5.41, 5.74) is -0.536. The maximum atomic E-state index is 13.1. The quantitative estimate of drug-likeness (QED) is 0.930. The van der Waals surface area contributed by atoms with Crippen LogP contribution in [-0.4, -0.2) is 23.9 Å². The number of rotatable bonds is 3. The lowest BCUT2D eigenvalue weighted by molar-refractivity contribution is -0.139. The van der Waals surface area contributed by atoms with Crippen molar-refractivity contribution in [3.8, 4) is 0 Å². The summed E-state index contributed by atoms with van der Waals surface area (Å²) in [7, 11) is 0. The van der Waals surface area contributed by atoms with Crippen LogP contribution in [0.2, 0.25) is 0 Å². The van der Waals surface area contributed by atoms with Crippen LogP contribution in [0.15, 0.2) is 24.3 Å². The van der Waals surface area contributed by atoms with Crippen LogP contribution in [0.3, 0.4) is 0 Å². The van der Waals surface area contributed by atoms with Gasteiger partial charge in [-0.15, -0.1) is 0 Å². The van der Waals surface area contributed by atoms with Crippen molar-refractivity contribution in [3.05, 3.63) is 35.4 Å². The average Bonchev–Trinajstić information content (AvgIpc) is 2.74. The molecule has 0 spiro atoms. The van der Waals surface area contributed by atoms with Gasteiger partial charge in [-0.25, -0.2) is 0 Å². The van der Waals surface area contributed by atoms with Crippen LogP contribution in [0.4, 0.5) is 13.2 Å². The summed E-state index contributed by atoms with van der Waals surface area (Å²) in [4.78, 5) is 13.5. The highest BCUT2D eigenvalue weighted by atomic mass is 19.4. The molecule has 1 aromatic rings. The van der Waals surface area contributed by atoms with E-state index in [0.717, 1.165) is 25.3 Å². The Morgan fingerprint density at radius 2 is 1.95 bits per heavy atom. The van der Waals surface area contributed by atoms with Crippen molar-refractivity contribution in [2.75, 3.05) is 13.1 Å². The maximum Gasteiger partial charge on any atom is 0.416 e. The van der Waals surface area contributed by atoms with Crippen molar-refractivity contribution in [3.63, 3.8) is 0 Å². The van der Waals surface area contributed by atoms with Crippen LogP contribution in [0.25, 0.3) is 0 Å². The Morgan fingerprint density at radius 3 is 2.57 bits per heavy atom. The monoisotopic (exact) mass is 298 g/mol. The van der Waals surface area contributed by atoms with Gasteiger partial charge >= 0.3 is 6.18 Å². The second kappa shape index (κ2) is 5.33. The number of halogens is 3. The first-order valence-electron chi connectivity index (χ1n) is 7.16. The Bertz CT molecular complexity index is 540. The highest BCUT2D eigenvalue weighted by Crippen LogP contribution is 2.37. The number of carbonyl (C=O) groups is 1. The lowest BCUT2D eigenvalue weighted by Crippen LogP contribution is -2.37. The van der Waals surface area contributed by atoms with E-state index >= 15 is 0 Å². The first kappa shape index (κ1) is 14.4. The zero-order chi connectivity index (χ0) is 15.0. The molecule has 3 nitrogen and oxygen atoms in total. The van der Waals surface area contributed by atoms with Crippen molar-refractivity contribution in [2.45, 2.75) is 31.6 Å². The van der Waals surface area contributed by atoms with Crippen molar-refractivity contribution in [1.82, 2.24) is 10.2 Å². The van der Waals surface area contributed by atoms with E-state index in [4.69, 9.17) is 0 Å². The summed E-state index contributed by atoms with van der Waals surface area (Å²) in [5, 5.41) is 2.92. The number of carbonyl (C=O) groups excluding carboxylic acids is 1. The Kier molecular flexibility index (Phi) is 3.65. The fourth-order valence-corrected chi connectivity index (χ4v) is 2.97. The predicted molar refractivity (Wildman–Crippen MR) is 71.2 cm³/mol. The zero-order valence-corrected chi connectivity index (χ0v) is 11.5. The SMILES string of the molecule is O=C1CNC(c2ccccc2C(F)(F)F)N1CC1CCC1. The van der Waals surface area contributed by atoms with Crippen LogP contribution < -0.4 is 5.32 Å². The number of nitrogens with zero attached hydrogens (tertiary/aromatic N) is 1. The minimum Gasteiger partial charge on any atom is -0.322 e. The van der Waals surface area contributed by atoms with Gasteiger partial charge in [-0.1, -0.05) is 24.6 Å². The molecule has 0 radical (unpaired) electrons. The molecule has 1 atom stereocenters. The summed E-state index contributed by atoms with van der Waals surface area (Å²) in [5.74, 6) is 0.304. The fraction of sp³-hybridized carbons (Fsp3) is 0.533. The average molecular weight is 298 g/mol. The van der Waals surface area contributed by atoms with Gasteiger partial charge in [0.25, 0.3) is 0 Å². The molecule has 1 N–H and O–H groups in total. The van der Waals surface area contributed by atoms with Crippen LogP contribution in [0.1, 0.15) is 36.6 Å². The first-order valence-corrected chi connectivity index (χ1v) is 7.16. The van der Waals surface area contributed by atoms with Crippen LogP contribution >= 0.6 is 0 Å². The van der Waals surface area contributed by atoms with E-state index in [-0.39, 0.29) is 18.0 Å². The summed E-state index contributed by atoms with van der Waals surface area (Å²) in [6.07, 6.45) is -1.83. The van der Waals surface area contributed by atoms with Gasteiger partial charge in [-0.05, 0) is 24.8 Å². The lowest BCUT2D eigenvalue weighted by Gasteiger charge is -2.34. The highest BCUT2D eigenvalue weighted by molar-refractivity contribution is 5.81. The van der Waals surface area contributed by atoms with Gasteiger partial charge in [0, 0.05) is 12.1 Å². The molecule has 1 saturated carbocycles. The van der Waals surface area contributed by atoms with E-state index in [0.29, 0.717) is 12.5 Å². The van der Waals surface area contributed by atoms with Crippen LogP contribution in [-0.2, 0) is 11.0 Å². The van der Waals surface area contributed by atoms with E-state index < -0.39 is 17.9 Å². The van der Waals surface area contributed by atoms with Gasteiger partial charge < -0.3 is 4.90 Å². The Morgan fingerprint density at radius 1 is 1.24 bits per heavy atom. The molecule has 1 aliphatic carbocycles. The van der Waals surface area contributed by atoms with Gasteiger partial charge in [-0.3, -0.25) is 10.1 Å². The third-order valence-electron chi connectivity index (χ3n) is 4.32. The Labute approximate surface area is 121 Å². The molecule has 1 aliphatic heterocycles. The molecule has 1 saturated heterocycles. The smallest absolute Gasteiger partial charge is 0.322 e. The van der Waals surface area contributed by atoms with Crippen molar-refractivity contribution < 1.29 is 18.0 Å². The molecule has 114 valence electrons. The molecule has 1 aromatic carbocycles.